The van der Waals surface area contributed by atoms with Gasteiger partial charge in [0.15, 0.2) is 0 Å². The molecule has 0 saturated carbocycles. The van der Waals surface area contributed by atoms with E-state index in [2.05, 4.69) is 15.6 Å². The zero-order valence-corrected chi connectivity index (χ0v) is 14.5. The summed E-state index contributed by atoms with van der Waals surface area (Å²) in [6.45, 7) is 0. The van der Waals surface area contributed by atoms with Gasteiger partial charge in [-0.25, -0.2) is 0 Å². The van der Waals surface area contributed by atoms with Crippen LogP contribution in [-0.4, -0.2) is 16.8 Å². The maximum Gasteiger partial charge on any atom is 0.257 e. The number of nitrogens with one attached hydrogen (secondary N) is 2. The molecule has 1 heterocycles. The first-order valence-corrected chi connectivity index (χ1v) is 8.34. The van der Waals surface area contributed by atoms with Crippen molar-refractivity contribution in [2.45, 2.75) is 6.42 Å². The maximum absolute atomic E-state index is 12.2. The quantitative estimate of drug-likeness (QED) is 0.712. The number of amides is 2. The van der Waals surface area contributed by atoms with Gasteiger partial charge >= 0.3 is 0 Å². The van der Waals surface area contributed by atoms with Crippen molar-refractivity contribution in [2.24, 2.45) is 0 Å². The fourth-order valence-corrected chi connectivity index (χ4v) is 2.60. The van der Waals surface area contributed by atoms with Gasteiger partial charge in [-0.3, -0.25) is 14.6 Å². The van der Waals surface area contributed by atoms with Crippen molar-refractivity contribution in [3.05, 3.63) is 89.2 Å². The summed E-state index contributed by atoms with van der Waals surface area (Å²) in [5.74, 6) is -0.452. The monoisotopic (exact) mass is 365 g/mol. The number of carbonyl (C=O) groups excluding carboxylic acids is 2. The highest BCUT2D eigenvalue weighted by Gasteiger charge is 2.09. The van der Waals surface area contributed by atoms with Crippen LogP contribution in [0.5, 0.6) is 0 Å². The van der Waals surface area contributed by atoms with E-state index in [9.17, 15) is 9.59 Å². The second kappa shape index (κ2) is 8.27. The summed E-state index contributed by atoms with van der Waals surface area (Å²) in [5.41, 5.74) is 2.38. The first-order chi connectivity index (χ1) is 12.6. The van der Waals surface area contributed by atoms with E-state index in [0.717, 1.165) is 5.56 Å². The van der Waals surface area contributed by atoms with Crippen LogP contribution in [0.3, 0.4) is 0 Å². The van der Waals surface area contributed by atoms with E-state index in [0.29, 0.717) is 22.0 Å². The molecule has 130 valence electrons. The van der Waals surface area contributed by atoms with E-state index in [4.69, 9.17) is 11.6 Å². The molecule has 0 aliphatic heterocycles. The van der Waals surface area contributed by atoms with Crippen molar-refractivity contribution in [3.63, 3.8) is 0 Å². The van der Waals surface area contributed by atoms with Crippen LogP contribution in [0.4, 0.5) is 11.4 Å². The number of nitrogens with zero attached hydrogens (tertiary/aromatic N) is 1. The lowest BCUT2D eigenvalue weighted by molar-refractivity contribution is -0.115. The fraction of sp³-hybridized carbons (Fsp3) is 0.0500. The number of halogens is 1. The zero-order valence-electron chi connectivity index (χ0n) is 13.8. The third kappa shape index (κ3) is 4.68. The number of carbonyl (C=O) groups is 2. The molecule has 0 saturated heterocycles. The molecule has 0 aliphatic carbocycles. The van der Waals surface area contributed by atoms with Crippen molar-refractivity contribution >= 4 is 34.8 Å². The van der Waals surface area contributed by atoms with Crippen molar-refractivity contribution in [3.8, 4) is 0 Å². The van der Waals surface area contributed by atoms with Crippen LogP contribution in [0.2, 0.25) is 5.02 Å². The average molecular weight is 366 g/mol. The SMILES string of the molecule is O=C(Cc1ccccc1Cl)Nc1cccc(NC(=O)c2cccnc2)c1. The Kier molecular flexibility index (Phi) is 5.61. The van der Waals surface area contributed by atoms with Gasteiger partial charge < -0.3 is 10.6 Å². The van der Waals surface area contributed by atoms with Crippen molar-refractivity contribution in [1.29, 1.82) is 0 Å². The Balaban J connectivity index is 1.65. The summed E-state index contributed by atoms with van der Waals surface area (Å²) in [6, 6.07) is 17.5. The summed E-state index contributed by atoms with van der Waals surface area (Å²) in [6.07, 6.45) is 3.27. The van der Waals surface area contributed by atoms with Crippen LogP contribution in [0, 0.1) is 0 Å². The highest BCUT2D eigenvalue weighted by atomic mass is 35.5. The van der Waals surface area contributed by atoms with E-state index in [1.54, 1.807) is 48.7 Å². The van der Waals surface area contributed by atoms with Gasteiger partial charge in [0, 0.05) is 28.8 Å². The molecule has 0 bridgehead atoms. The normalized spacial score (nSPS) is 10.2. The Hall–Kier alpha value is -3.18. The summed E-state index contributed by atoms with van der Waals surface area (Å²) < 4.78 is 0. The lowest BCUT2D eigenvalue weighted by atomic mass is 10.1. The summed E-state index contributed by atoms with van der Waals surface area (Å²) in [5, 5.41) is 6.14. The number of hydrogen-bond donors (Lipinski definition) is 2. The van der Waals surface area contributed by atoms with Crippen molar-refractivity contribution < 1.29 is 9.59 Å². The molecule has 0 radical (unpaired) electrons. The molecule has 0 aliphatic rings. The van der Waals surface area contributed by atoms with Crippen LogP contribution < -0.4 is 10.6 Å². The van der Waals surface area contributed by atoms with Crippen LogP contribution in [0.15, 0.2) is 73.1 Å². The molecule has 3 aromatic rings. The second-order valence-electron chi connectivity index (χ2n) is 5.59. The molecule has 0 unspecified atom stereocenters. The molecule has 0 atom stereocenters. The van der Waals surface area contributed by atoms with Crippen LogP contribution >= 0.6 is 11.6 Å². The summed E-state index contributed by atoms with van der Waals surface area (Å²) in [7, 11) is 0. The van der Waals surface area contributed by atoms with E-state index in [-0.39, 0.29) is 18.2 Å². The molecule has 0 fully saturated rings. The highest BCUT2D eigenvalue weighted by Crippen LogP contribution is 2.18. The summed E-state index contributed by atoms with van der Waals surface area (Å²) in [4.78, 5) is 28.3. The molecular formula is C20H16ClN3O2. The predicted molar refractivity (Wildman–Crippen MR) is 102 cm³/mol. The van der Waals surface area contributed by atoms with Gasteiger partial charge in [0.1, 0.15) is 0 Å². The number of hydrogen-bond acceptors (Lipinski definition) is 3. The Morgan fingerprint density at radius 3 is 2.42 bits per heavy atom. The molecular weight excluding hydrogens is 350 g/mol. The molecule has 0 spiro atoms. The van der Waals surface area contributed by atoms with E-state index in [1.807, 2.05) is 18.2 Å². The zero-order chi connectivity index (χ0) is 18.4. The molecule has 2 aromatic carbocycles. The van der Waals surface area contributed by atoms with E-state index < -0.39 is 0 Å². The Morgan fingerprint density at radius 2 is 1.69 bits per heavy atom. The number of rotatable bonds is 5. The van der Waals surface area contributed by atoms with Crippen LogP contribution in [0.1, 0.15) is 15.9 Å². The van der Waals surface area contributed by atoms with Gasteiger partial charge in [0.05, 0.1) is 12.0 Å². The smallest absolute Gasteiger partial charge is 0.257 e. The van der Waals surface area contributed by atoms with Gasteiger partial charge in [-0.15, -0.1) is 0 Å². The first-order valence-electron chi connectivity index (χ1n) is 7.96. The Bertz CT molecular complexity index is 929. The van der Waals surface area contributed by atoms with Gasteiger partial charge in [0.2, 0.25) is 5.91 Å². The predicted octanol–water partition coefficient (Wildman–Crippen LogP) is 4.17. The van der Waals surface area contributed by atoms with Crippen LogP contribution in [-0.2, 0) is 11.2 Å². The van der Waals surface area contributed by atoms with E-state index >= 15 is 0 Å². The molecule has 5 nitrogen and oxygen atoms in total. The number of benzene rings is 2. The van der Waals surface area contributed by atoms with Crippen molar-refractivity contribution in [1.82, 2.24) is 4.98 Å². The third-order valence-corrected chi connectivity index (χ3v) is 4.01. The molecule has 1 aromatic heterocycles. The first kappa shape index (κ1) is 17.6. The van der Waals surface area contributed by atoms with Crippen LogP contribution in [0.25, 0.3) is 0 Å². The molecule has 6 heteroatoms. The molecule has 3 rings (SSSR count). The topological polar surface area (TPSA) is 71.1 Å². The fourth-order valence-electron chi connectivity index (χ4n) is 2.39. The minimum Gasteiger partial charge on any atom is -0.326 e. The average Bonchev–Trinajstić information content (AvgIpc) is 2.64. The van der Waals surface area contributed by atoms with Crippen molar-refractivity contribution in [2.75, 3.05) is 10.6 Å². The minimum absolute atomic E-state index is 0.173. The lowest BCUT2D eigenvalue weighted by Crippen LogP contribution is -2.15. The van der Waals surface area contributed by atoms with Gasteiger partial charge in [-0.1, -0.05) is 35.9 Å². The van der Waals surface area contributed by atoms with Gasteiger partial charge in [-0.2, -0.15) is 0 Å². The Morgan fingerprint density at radius 1 is 0.923 bits per heavy atom. The third-order valence-electron chi connectivity index (χ3n) is 3.64. The Labute approximate surface area is 156 Å². The number of aromatic nitrogens is 1. The highest BCUT2D eigenvalue weighted by molar-refractivity contribution is 6.31. The molecule has 26 heavy (non-hydrogen) atoms. The van der Waals surface area contributed by atoms with E-state index in [1.165, 1.54) is 6.20 Å². The summed E-state index contributed by atoms with van der Waals surface area (Å²) >= 11 is 6.08. The number of anilines is 2. The van der Waals surface area contributed by atoms with Gasteiger partial charge in [0.25, 0.3) is 5.91 Å². The minimum atomic E-state index is -0.266. The molecule has 2 N–H and O–H groups in total. The lowest BCUT2D eigenvalue weighted by Gasteiger charge is -2.09. The maximum atomic E-state index is 12.2. The molecule has 2 amide bonds. The number of pyridine rings is 1. The largest absolute Gasteiger partial charge is 0.326 e. The van der Waals surface area contributed by atoms with Gasteiger partial charge in [-0.05, 0) is 42.0 Å². The standard InChI is InChI=1S/C20H16ClN3O2/c21-18-9-2-1-5-14(18)11-19(25)23-16-7-3-8-17(12-16)24-20(26)15-6-4-10-22-13-15/h1-10,12-13H,11H2,(H,23,25)(H,24,26). The second-order valence-corrected chi connectivity index (χ2v) is 6.00.